The first-order valence-corrected chi connectivity index (χ1v) is 48.7. The molecular weight excluding hydrogens is 1660 g/mol. The zero-order valence-electron chi connectivity index (χ0n) is 73.9. The van der Waals surface area contributed by atoms with Crippen molar-refractivity contribution in [3.05, 3.63) is 268 Å². The normalized spacial score (nSPS) is 16.6. The Morgan fingerprint density at radius 3 is 1.20 bits per heavy atom. The highest BCUT2D eigenvalue weighted by atomic mass is 32.1. The molecule has 19 rings (SSSR count). The summed E-state index contributed by atoms with van der Waals surface area (Å²) >= 11 is 8.07. The van der Waals surface area contributed by atoms with Gasteiger partial charge in [0.15, 0.2) is 0 Å². The van der Waals surface area contributed by atoms with Crippen molar-refractivity contribution < 1.29 is 4.74 Å². The quantitative estimate of drug-likeness (QED) is 0.0239. The van der Waals surface area contributed by atoms with Gasteiger partial charge in [-0.25, -0.2) is 20.0 Å². The molecule has 10 N–H and O–H groups in total. The van der Waals surface area contributed by atoms with Crippen LogP contribution in [0.2, 0.25) is 0 Å². The monoisotopic (exact) mass is 1780 g/mol. The number of hydrogen-bond acceptors (Lipinski definition) is 16. The van der Waals surface area contributed by atoms with E-state index >= 15 is 0 Å². The maximum absolute atomic E-state index is 6.13. The van der Waals surface area contributed by atoms with Gasteiger partial charge in [0.25, 0.3) is 0 Å². The van der Waals surface area contributed by atoms with Crippen LogP contribution in [0.15, 0.2) is 246 Å². The number of morpholine rings is 1. The first kappa shape index (κ1) is 90.2. The number of hydrogen-bond donors (Lipinski definition) is 5. The van der Waals surface area contributed by atoms with Gasteiger partial charge in [-0.05, 0) is 316 Å². The van der Waals surface area contributed by atoms with E-state index < -0.39 is 0 Å². The highest BCUT2D eigenvalue weighted by molar-refractivity contribution is 7.13. The zero-order valence-corrected chi connectivity index (χ0v) is 78.0. The van der Waals surface area contributed by atoms with Gasteiger partial charge in [-0.3, -0.25) is 9.89 Å². The summed E-state index contributed by atoms with van der Waals surface area (Å²) in [6.45, 7) is 24.5. The van der Waals surface area contributed by atoms with Gasteiger partial charge in [0, 0.05) is 156 Å². The lowest BCUT2D eigenvalue weighted by atomic mass is 10.1. The van der Waals surface area contributed by atoms with Crippen molar-refractivity contribution in [3.8, 4) is 0 Å². The summed E-state index contributed by atoms with van der Waals surface area (Å²) in [4.78, 5) is 40.2. The standard InChI is InChI=1S/2C21H26N4S.C20H24N4OS.C20H24N4S.C18H22N4S/c1-15-13-16-14-17(23-21(22)20-6-4-12-26-20)7-8-19(16)25(15)11-9-18-5-3-10-24(18)2;1-24-10-2-4-18(24)9-12-25-11-8-17-14-16(6-7-19(17)25)15-23-21(22)20-5-3-13-26-20;21-20(19-3-1-14-26-19)22-17-4-5-18-16(15-17)6-9-24(18)8-2-7-23-10-12-25-13-11-23;1-15-13-16-14-17(22-20(21)19-5-4-12-25-19)6-7-18(16)24(15)11-10-23-8-2-3-9-23;1-13-11-14-12-15(20-18(19)17-5-4-10-23-17)6-7-16(14)22(13)9-8-21(2)3/h4,6-8,12-14,18H,3,5,9-11H2,1-2H3,(H2,22,23);3,5-8,11,13-14,18H,2,4,9-10,12,15H2,1H3,(H2,22,23);1,3-6,9,14-15H,2,7-8,10-13H2,(H2,21,22);4-7,12-14H,2-3,8-11H2,1H3,(H2,21,22);4-7,10-12H,8-9H2,1-3H3,(H2,19,20). The third-order valence-electron chi connectivity index (χ3n) is 24.5. The van der Waals surface area contributed by atoms with Gasteiger partial charge in [-0.2, -0.15) is 0 Å². The summed E-state index contributed by atoms with van der Waals surface area (Å²) in [6.07, 6.45) is 16.0. The molecule has 4 fully saturated rings. The minimum atomic E-state index is 0.572. The number of aliphatic imine (C=N–C) groups is 5. The Kier molecular flexibility index (Phi) is 31.3. The van der Waals surface area contributed by atoms with Crippen LogP contribution >= 0.6 is 56.7 Å². The molecule has 15 aromatic rings. The SMILES string of the molecule is CN1CCCC1CCn1ccc2cc(CN=C(N)c3cccs3)ccc21.Cc1cc2cc(N=C(N)c3cccs3)ccc2n1CCC1CCCN1C.Cc1cc2cc(N=C(N)c3cccs3)ccc2n1CCN(C)C.Cc1cc2cc(N=C(N)c3cccs3)ccc2n1CCN1CCCC1.NC(=Nc1ccc2c(ccn2CCCN2CCOCC2)c1)c1cccs1. The van der Waals surface area contributed by atoms with Gasteiger partial charge in [-0.15, -0.1) is 56.7 Å². The number of amidine groups is 5. The van der Waals surface area contributed by atoms with Crippen LogP contribution in [0.5, 0.6) is 0 Å². The number of likely N-dealkylation sites (N-methyl/N-ethyl adjacent to an activating group) is 1. The van der Waals surface area contributed by atoms with Crippen molar-refractivity contribution in [2.75, 3.05) is 100 Å². The molecule has 4 aliphatic rings. The van der Waals surface area contributed by atoms with E-state index in [-0.39, 0.29) is 0 Å². The highest BCUT2D eigenvalue weighted by Gasteiger charge is 2.24. The Bertz CT molecular complexity index is 6140. The van der Waals surface area contributed by atoms with E-state index in [1.165, 1.54) is 155 Å². The van der Waals surface area contributed by atoms with Crippen LogP contribution in [-0.4, -0.2) is 189 Å². The Morgan fingerprint density at radius 2 is 0.770 bits per heavy atom. The van der Waals surface area contributed by atoms with E-state index in [1.807, 2.05) is 99.7 Å². The zero-order chi connectivity index (χ0) is 87.4. The molecule has 0 spiro atoms. The fourth-order valence-corrected chi connectivity index (χ4v) is 20.7. The predicted molar refractivity (Wildman–Crippen MR) is 538 cm³/mol. The Labute approximate surface area is 761 Å². The Morgan fingerprint density at radius 1 is 0.381 bits per heavy atom. The number of aryl methyl sites for hydroxylation is 6. The molecule has 26 heteroatoms. The minimum absolute atomic E-state index is 0.572. The molecule has 0 amide bonds. The molecule has 0 bridgehead atoms. The van der Waals surface area contributed by atoms with Gasteiger partial charge in [0.1, 0.15) is 29.2 Å². The molecule has 4 aliphatic heterocycles. The topological polar surface area (TPSA) is 242 Å². The summed E-state index contributed by atoms with van der Waals surface area (Å²) in [6, 6.07) is 64.5. The van der Waals surface area contributed by atoms with Crippen LogP contribution in [0.1, 0.15) is 105 Å². The average Bonchev–Trinajstić information content (AvgIpc) is 1.66. The summed E-state index contributed by atoms with van der Waals surface area (Å²) in [5.74, 6) is 2.94. The maximum Gasteiger partial charge on any atom is 0.141 e. The summed E-state index contributed by atoms with van der Waals surface area (Å²) < 4.78 is 17.3. The molecule has 658 valence electrons. The lowest BCUT2D eigenvalue weighted by Crippen LogP contribution is -2.37. The molecule has 0 saturated carbocycles. The lowest BCUT2D eigenvalue weighted by molar-refractivity contribution is 0.0369. The molecule has 14 heterocycles. The number of ether oxygens (including phenoxy) is 1. The molecule has 2 unspecified atom stereocenters. The van der Waals surface area contributed by atoms with E-state index in [4.69, 9.17) is 33.4 Å². The number of aromatic nitrogens is 5. The minimum Gasteiger partial charge on any atom is -0.383 e. The van der Waals surface area contributed by atoms with E-state index in [9.17, 15) is 0 Å². The predicted octanol–water partition coefficient (Wildman–Crippen LogP) is 19.8. The van der Waals surface area contributed by atoms with Crippen LogP contribution in [-0.2, 0) is 44.0 Å². The van der Waals surface area contributed by atoms with Crippen molar-refractivity contribution in [2.24, 2.45) is 53.6 Å². The molecule has 2 atom stereocenters. The Hall–Kier alpha value is -10.6. The first-order chi connectivity index (χ1) is 61.4. The van der Waals surface area contributed by atoms with Crippen LogP contribution in [0, 0.1) is 20.8 Å². The molecule has 4 saturated heterocycles. The second kappa shape index (κ2) is 43.7. The smallest absolute Gasteiger partial charge is 0.141 e. The molecule has 126 heavy (non-hydrogen) atoms. The highest BCUT2D eigenvalue weighted by Crippen LogP contribution is 2.33. The maximum atomic E-state index is 6.13. The van der Waals surface area contributed by atoms with E-state index in [0.29, 0.717) is 35.7 Å². The molecular formula is C100H122N20OS5. The van der Waals surface area contributed by atoms with E-state index in [2.05, 4.69) is 243 Å². The van der Waals surface area contributed by atoms with E-state index in [1.54, 1.807) is 56.7 Å². The fraction of sp³-hybridized carbons (Fsp3) is 0.350. The second-order valence-corrected chi connectivity index (χ2v) is 38.3. The van der Waals surface area contributed by atoms with Gasteiger partial charge in [-0.1, -0.05) is 36.4 Å². The number of benzene rings is 5. The van der Waals surface area contributed by atoms with Crippen LogP contribution in [0.3, 0.4) is 0 Å². The van der Waals surface area contributed by atoms with Crippen molar-refractivity contribution in [1.29, 1.82) is 0 Å². The van der Waals surface area contributed by atoms with Crippen molar-refractivity contribution >= 4 is 163 Å². The largest absolute Gasteiger partial charge is 0.383 e. The first-order valence-electron chi connectivity index (χ1n) is 44.3. The number of rotatable bonds is 27. The third-order valence-corrected chi connectivity index (χ3v) is 28.9. The summed E-state index contributed by atoms with van der Waals surface area (Å²) in [5, 5.41) is 16.3. The van der Waals surface area contributed by atoms with Crippen LogP contribution in [0.25, 0.3) is 54.5 Å². The van der Waals surface area contributed by atoms with E-state index in [0.717, 1.165) is 144 Å². The number of likely N-dealkylation sites (tertiary alicyclic amines) is 3. The third kappa shape index (κ3) is 23.8. The molecule has 21 nitrogen and oxygen atoms in total. The van der Waals surface area contributed by atoms with Gasteiger partial charge in [0.05, 0.1) is 66.9 Å². The number of thiophene rings is 5. The number of nitrogens with zero attached hydrogens (tertiary/aromatic N) is 15. The molecule has 0 radical (unpaired) electrons. The Balaban J connectivity index is 0.000000122. The molecule has 10 aromatic heterocycles. The van der Waals surface area contributed by atoms with Crippen LogP contribution in [0.4, 0.5) is 22.7 Å². The van der Waals surface area contributed by atoms with Crippen molar-refractivity contribution in [3.63, 3.8) is 0 Å². The second-order valence-electron chi connectivity index (χ2n) is 33.6. The van der Waals surface area contributed by atoms with Crippen LogP contribution < -0.4 is 28.7 Å². The fourth-order valence-electron chi connectivity index (χ4n) is 17.5. The summed E-state index contributed by atoms with van der Waals surface area (Å²) in [7, 11) is 8.70. The molecule has 5 aromatic carbocycles. The van der Waals surface area contributed by atoms with Gasteiger partial charge >= 0.3 is 0 Å². The van der Waals surface area contributed by atoms with Gasteiger partial charge in [0.2, 0.25) is 0 Å². The lowest BCUT2D eigenvalue weighted by Gasteiger charge is -2.26. The summed E-state index contributed by atoms with van der Waals surface area (Å²) in [5.41, 5.74) is 45.6. The molecule has 0 aliphatic carbocycles. The van der Waals surface area contributed by atoms with Crippen molar-refractivity contribution in [2.45, 2.75) is 130 Å². The number of nitrogens with two attached hydrogens (primary N) is 5. The average molecular weight is 1780 g/mol. The van der Waals surface area contributed by atoms with Crippen molar-refractivity contribution in [1.82, 2.24) is 47.3 Å². The van der Waals surface area contributed by atoms with Gasteiger partial charge < -0.3 is 75.8 Å². The number of fused-ring (bicyclic) bond motifs is 5.